The highest BCUT2D eigenvalue weighted by Gasteiger charge is 2.08. The van der Waals surface area contributed by atoms with Crippen LogP contribution >= 0.6 is 11.6 Å². The molecular weight excluding hydrogens is 292 g/mol. The van der Waals surface area contributed by atoms with Crippen LogP contribution in [0.5, 0.6) is 5.75 Å². The van der Waals surface area contributed by atoms with E-state index in [0.29, 0.717) is 22.0 Å². The van der Waals surface area contributed by atoms with Crippen molar-refractivity contribution in [3.8, 4) is 11.8 Å². The number of pyridine rings is 1. The fourth-order valence-electron chi connectivity index (χ4n) is 1.62. The molecule has 0 bridgehead atoms. The molecule has 1 aromatic carbocycles. The zero-order valence-electron chi connectivity index (χ0n) is 10.8. The number of hydrogen-bond acceptors (Lipinski definition) is 5. The molecule has 0 unspecified atom stereocenters. The van der Waals surface area contributed by atoms with Crippen molar-refractivity contribution in [3.05, 3.63) is 58.4 Å². The van der Waals surface area contributed by atoms with Crippen LogP contribution in [-0.4, -0.2) is 10.9 Å². The average Bonchev–Trinajstić information content (AvgIpc) is 2.52. The van der Waals surface area contributed by atoms with Crippen LogP contribution < -0.4 is 16.0 Å². The number of nitriles is 1. The zero-order valence-corrected chi connectivity index (χ0v) is 11.6. The summed E-state index contributed by atoms with van der Waals surface area (Å²) in [6.45, 7) is 0.0979. The van der Waals surface area contributed by atoms with Gasteiger partial charge in [0.1, 0.15) is 24.1 Å². The fourth-order valence-corrected chi connectivity index (χ4v) is 1.78. The lowest BCUT2D eigenvalue weighted by atomic mass is 10.2. The third kappa shape index (κ3) is 3.69. The normalized spacial score (nSPS) is 9.76. The number of nitrogen functional groups attached to an aromatic ring is 1. The van der Waals surface area contributed by atoms with E-state index in [4.69, 9.17) is 27.4 Å². The van der Waals surface area contributed by atoms with E-state index in [1.165, 1.54) is 6.07 Å². The molecule has 2 rings (SSSR count). The molecule has 6 nitrogen and oxygen atoms in total. The zero-order chi connectivity index (χ0) is 15.2. The molecule has 2 aromatic rings. The van der Waals surface area contributed by atoms with Crippen LogP contribution in [0, 0.1) is 11.3 Å². The van der Waals surface area contributed by atoms with Crippen molar-refractivity contribution in [1.82, 2.24) is 10.4 Å². The van der Waals surface area contributed by atoms with Crippen molar-refractivity contribution in [1.29, 1.82) is 5.26 Å². The number of hydrazine groups is 1. The van der Waals surface area contributed by atoms with Crippen LogP contribution in [0.4, 0.5) is 0 Å². The Labute approximate surface area is 126 Å². The molecule has 3 N–H and O–H groups in total. The predicted molar refractivity (Wildman–Crippen MR) is 76.4 cm³/mol. The van der Waals surface area contributed by atoms with Crippen molar-refractivity contribution >= 4 is 17.5 Å². The van der Waals surface area contributed by atoms with Crippen LogP contribution in [0.3, 0.4) is 0 Å². The van der Waals surface area contributed by atoms with Crippen molar-refractivity contribution in [2.75, 3.05) is 0 Å². The third-order valence-corrected chi connectivity index (χ3v) is 2.85. The summed E-state index contributed by atoms with van der Waals surface area (Å²) in [6, 6.07) is 11.6. The number of nitrogens with zero attached hydrogens (tertiary/aromatic N) is 2. The summed E-state index contributed by atoms with van der Waals surface area (Å²) in [6.07, 6.45) is 0. The van der Waals surface area contributed by atoms with Crippen molar-refractivity contribution < 1.29 is 9.53 Å². The average molecular weight is 303 g/mol. The molecule has 0 fully saturated rings. The minimum Gasteiger partial charge on any atom is -0.486 e. The lowest BCUT2D eigenvalue weighted by Gasteiger charge is -2.08. The molecule has 0 atom stereocenters. The van der Waals surface area contributed by atoms with E-state index in [2.05, 4.69) is 4.98 Å². The van der Waals surface area contributed by atoms with E-state index < -0.39 is 5.91 Å². The Kier molecular flexibility index (Phi) is 4.72. The molecule has 0 saturated heterocycles. The molecular formula is C14H11ClN4O2. The second-order valence-corrected chi connectivity index (χ2v) is 4.47. The van der Waals surface area contributed by atoms with Crippen molar-refractivity contribution in [2.45, 2.75) is 6.61 Å². The molecule has 0 radical (unpaired) electrons. The lowest BCUT2D eigenvalue weighted by Crippen LogP contribution is -2.30. The second kappa shape index (κ2) is 6.70. The van der Waals surface area contributed by atoms with Gasteiger partial charge in [0.05, 0.1) is 11.3 Å². The van der Waals surface area contributed by atoms with Gasteiger partial charge in [0.15, 0.2) is 0 Å². The van der Waals surface area contributed by atoms with E-state index in [0.717, 1.165) is 0 Å². The van der Waals surface area contributed by atoms with E-state index in [1.807, 2.05) is 11.5 Å². The highest BCUT2D eigenvalue weighted by atomic mass is 35.5. The summed E-state index contributed by atoms with van der Waals surface area (Å²) in [5, 5.41) is 9.47. The standard InChI is InChI=1S/C14H11ClN4O2/c15-10-5-4-9(7-16)13(6-10)21-8-11-2-1-3-12(18-11)14(20)19-17/h1-6H,8,17H2,(H,19,20). The number of ether oxygens (including phenoxy) is 1. The number of carbonyl (C=O) groups excluding carboxylic acids is 1. The summed E-state index contributed by atoms with van der Waals surface area (Å²) in [7, 11) is 0. The molecule has 0 saturated carbocycles. The van der Waals surface area contributed by atoms with Crippen molar-refractivity contribution in [2.24, 2.45) is 5.84 Å². The molecule has 0 aliphatic rings. The summed E-state index contributed by atoms with van der Waals surface area (Å²) in [4.78, 5) is 15.5. The number of amides is 1. The van der Waals surface area contributed by atoms with Gasteiger partial charge in [-0.3, -0.25) is 10.2 Å². The van der Waals surface area contributed by atoms with Gasteiger partial charge in [-0.15, -0.1) is 0 Å². The Bertz CT molecular complexity index is 712. The number of carbonyl (C=O) groups is 1. The molecule has 1 heterocycles. The van der Waals surface area contributed by atoms with Crippen LogP contribution in [-0.2, 0) is 6.61 Å². The van der Waals surface area contributed by atoms with Gasteiger partial charge in [0.2, 0.25) is 0 Å². The lowest BCUT2D eigenvalue weighted by molar-refractivity contribution is 0.0948. The highest BCUT2D eigenvalue weighted by molar-refractivity contribution is 6.30. The van der Waals surface area contributed by atoms with E-state index in [9.17, 15) is 4.79 Å². The molecule has 1 aromatic heterocycles. The number of rotatable bonds is 4. The number of nitrogens with two attached hydrogens (primary N) is 1. The van der Waals surface area contributed by atoms with E-state index in [-0.39, 0.29) is 12.3 Å². The first-order chi connectivity index (χ1) is 10.1. The van der Waals surface area contributed by atoms with Crippen LogP contribution in [0.1, 0.15) is 21.7 Å². The molecule has 0 spiro atoms. The van der Waals surface area contributed by atoms with Gasteiger partial charge in [0.25, 0.3) is 5.91 Å². The quantitative estimate of drug-likeness (QED) is 0.509. The summed E-state index contributed by atoms with van der Waals surface area (Å²) >= 11 is 5.87. The fraction of sp³-hybridized carbons (Fsp3) is 0.0714. The van der Waals surface area contributed by atoms with Gasteiger partial charge in [-0.2, -0.15) is 5.26 Å². The monoisotopic (exact) mass is 302 g/mol. The third-order valence-electron chi connectivity index (χ3n) is 2.61. The number of hydrogen-bond donors (Lipinski definition) is 2. The minimum atomic E-state index is -0.489. The highest BCUT2D eigenvalue weighted by Crippen LogP contribution is 2.23. The van der Waals surface area contributed by atoms with E-state index in [1.54, 1.807) is 30.3 Å². The van der Waals surface area contributed by atoms with Gasteiger partial charge in [-0.05, 0) is 24.3 Å². The van der Waals surface area contributed by atoms with Gasteiger partial charge in [0, 0.05) is 11.1 Å². The summed E-state index contributed by atoms with van der Waals surface area (Å²) in [5.74, 6) is 4.93. The van der Waals surface area contributed by atoms with Gasteiger partial charge < -0.3 is 4.74 Å². The van der Waals surface area contributed by atoms with Gasteiger partial charge in [-0.25, -0.2) is 10.8 Å². The topological polar surface area (TPSA) is 101 Å². The summed E-state index contributed by atoms with van der Waals surface area (Å²) < 4.78 is 5.53. The maximum Gasteiger partial charge on any atom is 0.283 e. The molecule has 0 aliphatic carbocycles. The smallest absolute Gasteiger partial charge is 0.283 e. The first-order valence-electron chi connectivity index (χ1n) is 5.93. The second-order valence-electron chi connectivity index (χ2n) is 4.03. The summed E-state index contributed by atoms with van der Waals surface area (Å²) in [5.41, 5.74) is 3.09. The Morgan fingerprint density at radius 1 is 1.43 bits per heavy atom. The Morgan fingerprint density at radius 2 is 2.24 bits per heavy atom. The molecule has 106 valence electrons. The maximum atomic E-state index is 11.4. The number of aromatic nitrogens is 1. The largest absolute Gasteiger partial charge is 0.486 e. The van der Waals surface area contributed by atoms with Crippen LogP contribution in [0.15, 0.2) is 36.4 Å². The van der Waals surface area contributed by atoms with Crippen LogP contribution in [0.25, 0.3) is 0 Å². The van der Waals surface area contributed by atoms with Crippen molar-refractivity contribution in [3.63, 3.8) is 0 Å². The predicted octanol–water partition coefficient (Wildman–Crippen LogP) is 1.79. The number of benzene rings is 1. The van der Waals surface area contributed by atoms with Gasteiger partial charge >= 0.3 is 0 Å². The van der Waals surface area contributed by atoms with Crippen LogP contribution in [0.2, 0.25) is 5.02 Å². The Morgan fingerprint density at radius 3 is 2.95 bits per heavy atom. The van der Waals surface area contributed by atoms with Gasteiger partial charge in [-0.1, -0.05) is 17.7 Å². The maximum absolute atomic E-state index is 11.4. The molecule has 21 heavy (non-hydrogen) atoms. The molecule has 7 heteroatoms. The molecule has 1 amide bonds. The number of nitrogens with one attached hydrogen (secondary N) is 1. The van der Waals surface area contributed by atoms with E-state index >= 15 is 0 Å². The number of halogens is 1. The Hall–Kier alpha value is -2.62. The SMILES string of the molecule is N#Cc1ccc(Cl)cc1OCc1cccc(C(=O)NN)n1. The Balaban J connectivity index is 2.15. The molecule has 0 aliphatic heterocycles. The minimum absolute atomic E-state index is 0.0979. The first kappa shape index (κ1) is 14.8. The first-order valence-corrected chi connectivity index (χ1v) is 6.31.